The van der Waals surface area contributed by atoms with Gasteiger partial charge in [0.15, 0.2) is 0 Å². The average molecular weight is 287 g/mol. The number of nitrogen functional groups attached to an aromatic ring is 1. The van der Waals surface area contributed by atoms with Crippen LogP contribution in [-0.4, -0.2) is 22.5 Å². The molecule has 0 radical (unpaired) electrons. The van der Waals surface area contributed by atoms with E-state index in [1.165, 1.54) is 25.7 Å². The van der Waals surface area contributed by atoms with Crippen LogP contribution >= 0.6 is 11.8 Å². The molecule has 1 aromatic carbocycles. The molecule has 3 N–H and O–H groups in total. The summed E-state index contributed by atoms with van der Waals surface area (Å²) in [5.74, 6) is 0.980. The highest BCUT2D eigenvalue weighted by Crippen LogP contribution is 2.29. The molecule has 0 bridgehead atoms. The molecule has 0 saturated heterocycles. The largest absolute Gasteiger partial charge is 0.399 e. The van der Waals surface area contributed by atoms with E-state index in [2.05, 4.69) is 23.7 Å². The van der Waals surface area contributed by atoms with Crippen LogP contribution in [0.4, 0.5) is 11.5 Å². The van der Waals surface area contributed by atoms with Gasteiger partial charge in [0.2, 0.25) is 0 Å². The maximum absolute atomic E-state index is 5.80. The molecule has 2 aromatic rings. The summed E-state index contributed by atoms with van der Waals surface area (Å²) < 4.78 is 0. The summed E-state index contributed by atoms with van der Waals surface area (Å²) in [5.41, 5.74) is 7.59. The smallest absolute Gasteiger partial charge is 0.126 e. The Labute approximate surface area is 124 Å². The van der Waals surface area contributed by atoms with Crippen LogP contribution in [-0.2, 0) is 0 Å². The Hall–Kier alpha value is -1.42. The third kappa shape index (κ3) is 2.85. The van der Waals surface area contributed by atoms with E-state index < -0.39 is 0 Å². The van der Waals surface area contributed by atoms with E-state index >= 15 is 0 Å². The second-order valence-corrected chi connectivity index (χ2v) is 6.53. The zero-order valence-corrected chi connectivity index (χ0v) is 12.6. The van der Waals surface area contributed by atoms with Gasteiger partial charge >= 0.3 is 0 Å². The lowest BCUT2D eigenvalue weighted by Crippen LogP contribution is -2.34. The van der Waals surface area contributed by atoms with Crippen molar-refractivity contribution >= 4 is 34.2 Å². The molecule has 0 amide bonds. The van der Waals surface area contributed by atoms with Crippen LogP contribution < -0.4 is 11.1 Å². The van der Waals surface area contributed by atoms with Crippen LogP contribution in [0.2, 0.25) is 0 Å². The van der Waals surface area contributed by atoms with Crippen molar-refractivity contribution in [1.29, 1.82) is 0 Å². The zero-order valence-electron chi connectivity index (χ0n) is 11.8. The number of nitrogens with one attached hydrogen (secondary N) is 1. The van der Waals surface area contributed by atoms with E-state index in [4.69, 9.17) is 10.7 Å². The molecular formula is C16H21N3S. The van der Waals surface area contributed by atoms with Crippen molar-refractivity contribution in [1.82, 2.24) is 4.98 Å². The monoisotopic (exact) mass is 287 g/mol. The summed E-state index contributed by atoms with van der Waals surface area (Å²) in [7, 11) is 0. The van der Waals surface area contributed by atoms with Gasteiger partial charge in [-0.2, -0.15) is 11.8 Å². The SMILES string of the molecule is CSC1CCCCC1Nc1ccc2cc(N)ccc2n1. The Morgan fingerprint density at radius 1 is 1.20 bits per heavy atom. The summed E-state index contributed by atoms with van der Waals surface area (Å²) in [6, 6.07) is 10.6. The fraction of sp³-hybridized carbons (Fsp3) is 0.438. The molecule has 3 rings (SSSR count). The Kier molecular flexibility index (Phi) is 4.01. The van der Waals surface area contributed by atoms with Gasteiger partial charge in [-0.1, -0.05) is 12.8 Å². The summed E-state index contributed by atoms with van der Waals surface area (Å²) >= 11 is 1.97. The number of benzene rings is 1. The minimum Gasteiger partial charge on any atom is -0.399 e. The number of rotatable bonds is 3. The Bertz CT molecular complexity index is 599. The van der Waals surface area contributed by atoms with Gasteiger partial charge in [-0.05, 0) is 49.4 Å². The summed E-state index contributed by atoms with van der Waals surface area (Å²) in [4.78, 5) is 4.70. The number of thioether (sulfide) groups is 1. The Morgan fingerprint density at radius 2 is 2.05 bits per heavy atom. The Morgan fingerprint density at radius 3 is 2.90 bits per heavy atom. The van der Waals surface area contributed by atoms with Gasteiger partial charge in [0.1, 0.15) is 5.82 Å². The average Bonchev–Trinajstić information content (AvgIpc) is 2.48. The fourth-order valence-corrected chi connectivity index (χ4v) is 3.89. The van der Waals surface area contributed by atoms with E-state index in [0.29, 0.717) is 11.3 Å². The number of hydrogen-bond acceptors (Lipinski definition) is 4. The van der Waals surface area contributed by atoms with Crippen molar-refractivity contribution in [2.45, 2.75) is 37.0 Å². The highest BCUT2D eigenvalue weighted by Gasteiger charge is 2.24. The van der Waals surface area contributed by atoms with Crippen molar-refractivity contribution in [2.24, 2.45) is 0 Å². The summed E-state index contributed by atoms with van der Waals surface area (Å²) in [5, 5.41) is 5.42. The van der Waals surface area contributed by atoms with Gasteiger partial charge < -0.3 is 11.1 Å². The van der Waals surface area contributed by atoms with E-state index in [1.54, 1.807) is 0 Å². The van der Waals surface area contributed by atoms with Crippen LogP contribution in [0.1, 0.15) is 25.7 Å². The molecule has 1 saturated carbocycles. The minimum absolute atomic E-state index is 0.539. The van der Waals surface area contributed by atoms with Gasteiger partial charge in [0.05, 0.1) is 5.52 Å². The minimum atomic E-state index is 0.539. The van der Waals surface area contributed by atoms with Crippen molar-refractivity contribution in [2.75, 3.05) is 17.3 Å². The number of aromatic nitrogens is 1. The standard InChI is InChI=1S/C16H21N3S/c1-20-15-5-3-2-4-14(15)19-16-9-6-11-10-12(17)7-8-13(11)18-16/h6-10,14-15H,2-5,17H2,1H3,(H,18,19). The van der Waals surface area contributed by atoms with E-state index in [9.17, 15) is 0 Å². The molecular weight excluding hydrogens is 266 g/mol. The number of pyridine rings is 1. The molecule has 1 heterocycles. The van der Waals surface area contributed by atoms with E-state index in [-0.39, 0.29) is 0 Å². The zero-order chi connectivity index (χ0) is 13.9. The maximum atomic E-state index is 5.80. The summed E-state index contributed by atoms with van der Waals surface area (Å²) in [6.45, 7) is 0. The molecule has 0 aliphatic heterocycles. The summed E-state index contributed by atoms with van der Waals surface area (Å²) in [6.07, 6.45) is 7.43. The predicted octanol–water partition coefficient (Wildman–Crippen LogP) is 3.90. The molecule has 2 atom stereocenters. The predicted molar refractivity (Wildman–Crippen MR) is 89.3 cm³/mol. The molecule has 1 aliphatic rings. The molecule has 1 aromatic heterocycles. The molecule has 2 unspecified atom stereocenters. The van der Waals surface area contributed by atoms with Crippen LogP contribution in [0.25, 0.3) is 10.9 Å². The van der Waals surface area contributed by atoms with Crippen LogP contribution in [0.3, 0.4) is 0 Å². The lowest BCUT2D eigenvalue weighted by atomic mass is 9.95. The first-order valence-corrected chi connectivity index (χ1v) is 8.50. The van der Waals surface area contributed by atoms with Crippen LogP contribution in [0.15, 0.2) is 30.3 Å². The molecule has 20 heavy (non-hydrogen) atoms. The topological polar surface area (TPSA) is 50.9 Å². The third-order valence-corrected chi connectivity index (χ3v) is 5.22. The third-order valence-electron chi connectivity index (χ3n) is 4.05. The van der Waals surface area contributed by atoms with Gasteiger partial charge in [-0.25, -0.2) is 4.98 Å². The number of nitrogens with zero attached hydrogens (tertiary/aromatic N) is 1. The first-order valence-electron chi connectivity index (χ1n) is 7.22. The van der Waals surface area contributed by atoms with Gasteiger partial charge in [-0.3, -0.25) is 0 Å². The van der Waals surface area contributed by atoms with Crippen LogP contribution in [0, 0.1) is 0 Å². The highest BCUT2D eigenvalue weighted by molar-refractivity contribution is 7.99. The van der Waals surface area contributed by atoms with Gasteiger partial charge in [0.25, 0.3) is 0 Å². The highest BCUT2D eigenvalue weighted by atomic mass is 32.2. The lowest BCUT2D eigenvalue weighted by Gasteiger charge is -2.31. The van der Waals surface area contributed by atoms with Crippen molar-refractivity contribution in [3.8, 4) is 0 Å². The molecule has 1 fully saturated rings. The quantitative estimate of drug-likeness (QED) is 0.841. The number of fused-ring (bicyclic) bond motifs is 1. The second kappa shape index (κ2) is 5.92. The molecule has 4 heteroatoms. The maximum Gasteiger partial charge on any atom is 0.126 e. The molecule has 0 spiro atoms. The molecule has 3 nitrogen and oxygen atoms in total. The van der Waals surface area contributed by atoms with Crippen molar-refractivity contribution < 1.29 is 0 Å². The first kappa shape index (κ1) is 13.6. The van der Waals surface area contributed by atoms with E-state index in [1.807, 2.05) is 30.0 Å². The number of hydrogen-bond donors (Lipinski definition) is 2. The lowest BCUT2D eigenvalue weighted by molar-refractivity contribution is 0.474. The van der Waals surface area contributed by atoms with E-state index in [0.717, 1.165) is 22.4 Å². The normalized spacial score (nSPS) is 22.9. The van der Waals surface area contributed by atoms with Crippen LogP contribution in [0.5, 0.6) is 0 Å². The number of nitrogens with two attached hydrogens (primary N) is 1. The first-order chi connectivity index (χ1) is 9.76. The second-order valence-electron chi connectivity index (χ2n) is 5.46. The Balaban J connectivity index is 1.81. The molecule has 106 valence electrons. The molecule has 1 aliphatic carbocycles. The van der Waals surface area contributed by atoms with Gasteiger partial charge in [-0.15, -0.1) is 0 Å². The van der Waals surface area contributed by atoms with Crippen molar-refractivity contribution in [3.05, 3.63) is 30.3 Å². The van der Waals surface area contributed by atoms with Gasteiger partial charge in [0, 0.05) is 22.4 Å². The van der Waals surface area contributed by atoms with Crippen molar-refractivity contribution in [3.63, 3.8) is 0 Å². The number of anilines is 2. The fourth-order valence-electron chi connectivity index (χ4n) is 2.96.